The highest BCUT2D eigenvalue weighted by Gasteiger charge is 2.38. The van der Waals surface area contributed by atoms with Gasteiger partial charge in [-0.05, 0) is 49.8 Å². The van der Waals surface area contributed by atoms with Crippen LogP contribution >= 0.6 is 0 Å². The number of nitrogens with zero attached hydrogens (tertiary/aromatic N) is 2. The molecule has 3 atom stereocenters. The number of amides is 2. The molecule has 0 bridgehead atoms. The molecular formula is C24H31N3O2. The number of nitrogens with one attached hydrogen (secondary N) is 1. The normalized spacial score (nSPS) is 24.3. The summed E-state index contributed by atoms with van der Waals surface area (Å²) in [5, 5.41) is 3.28. The molecule has 2 amide bonds. The van der Waals surface area contributed by atoms with Crippen LogP contribution in [0.15, 0.2) is 42.6 Å². The zero-order valence-electron chi connectivity index (χ0n) is 17.4. The van der Waals surface area contributed by atoms with E-state index in [2.05, 4.69) is 43.4 Å². The van der Waals surface area contributed by atoms with Gasteiger partial charge in [0, 0.05) is 18.8 Å². The van der Waals surface area contributed by atoms with Crippen LogP contribution in [0.3, 0.4) is 0 Å². The lowest BCUT2D eigenvalue weighted by atomic mass is 9.85. The molecule has 1 aromatic carbocycles. The van der Waals surface area contributed by atoms with E-state index in [0.29, 0.717) is 19.0 Å². The number of carbonyl (C=O) groups is 2. The topological polar surface area (TPSA) is 54.3 Å². The van der Waals surface area contributed by atoms with Crippen molar-refractivity contribution < 1.29 is 9.59 Å². The fraction of sp³-hybridized carbons (Fsp3) is 0.500. The number of rotatable bonds is 5. The molecule has 0 spiro atoms. The van der Waals surface area contributed by atoms with Gasteiger partial charge < -0.3 is 14.8 Å². The molecule has 5 nitrogen and oxygen atoms in total. The second-order valence-corrected chi connectivity index (χ2v) is 8.66. The Kier molecular flexibility index (Phi) is 5.74. The van der Waals surface area contributed by atoms with E-state index < -0.39 is 6.04 Å². The minimum Gasteiger partial charge on any atom is -0.351 e. The number of fused-ring (bicyclic) bond motifs is 1. The van der Waals surface area contributed by atoms with E-state index in [1.165, 1.54) is 17.5 Å². The Labute approximate surface area is 173 Å². The summed E-state index contributed by atoms with van der Waals surface area (Å²) >= 11 is 0. The number of hydrogen-bond acceptors (Lipinski definition) is 2. The van der Waals surface area contributed by atoms with E-state index in [4.69, 9.17) is 0 Å². The van der Waals surface area contributed by atoms with Gasteiger partial charge >= 0.3 is 0 Å². The number of aromatic nitrogens is 1. The van der Waals surface area contributed by atoms with Gasteiger partial charge in [0.15, 0.2) is 6.04 Å². The van der Waals surface area contributed by atoms with Crippen LogP contribution in [-0.4, -0.2) is 33.9 Å². The third-order valence-electron chi connectivity index (χ3n) is 6.53. The van der Waals surface area contributed by atoms with Crippen molar-refractivity contribution in [3.8, 4) is 0 Å². The molecule has 154 valence electrons. The molecule has 0 radical (unpaired) electrons. The van der Waals surface area contributed by atoms with Crippen molar-refractivity contribution in [1.29, 1.82) is 0 Å². The lowest BCUT2D eigenvalue weighted by Crippen LogP contribution is -2.52. The Hall–Kier alpha value is -2.56. The van der Waals surface area contributed by atoms with Gasteiger partial charge in [-0.1, -0.05) is 49.6 Å². The monoisotopic (exact) mass is 393 g/mol. The summed E-state index contributed by atoms with van der Waals surface area (Å²) in [4.78, 5) is 28.1. The van der Waals surface area contributed by atoms with Crippen LogP contribution in [0.2, 0.25) is 0 Å². The van der Waals surface area contributed by atoms with Crippen LogP contribution < -0.4 is 5.32 Å². The van der Waals surface area contributed by atoms with E-state index in [1.54, 1.807) is 4.90 Å². The second-order valence-electron chi connectivity index (χ2n) is 8.66. The zero-order chi connectivity index (χ0) is 20.4. The highest BCUT2D eigenvalue weighted by molar-refractivity contribution is 5.90. The van der Waals surface area contributed by atoms with Crippen LogP contribution in [0.1, 0.15) is 55.5 Å². The van der Waals surface area contributed by atoms with Crippen LogP contribution in [0.5, 0.6) is 0 Å². The maximum absolute atomic E-state index is 13.4. The van der Waals surface area contributed by atoms with Crippen LogP contribution in [-0.2, 0) is 22.6 Å². The molecule has 2 heterocycles. The highest BCUT2D eigenvalue weighted by Crippen LogP contribution is 2.29. The summed E-state index contributed by atoms with van der Waals surface area (Å²) in [6.45, 7) is 5.14. The van der Waals surface area contributed by atoms with Gasteiger partial charge in [-0.3, -0.25) is 9.59 Å². The van der Waals surface area contributed by atoms with Crippen molar-refractivity contribution >= 4 is 11.8 Å². The average molecular weight is 394 g/mol. The molecule has 1 aromatic heterocycles. The molecule has 1 fully saturated rings. The second kappa shape index (κ2) is 8.44. The van der Waals surface area contributed by atoms with E-state index in [0.717, 1.165) is 31.4 Å². The van der Waals surface area contributed by atoms with Crippen molar-refractivity contribution in [2.45, 2.75) is 64.6 Å². The molecular weight excluding hydrogens is 362 g/mol. The Balaban J connectivity index is 1.54. The Morgan fingerprint density at radius 2 is 1.90 bits per heavy atom. The molecule has 1 saturated carbocycles. The third kappa shape index (κ3) is 4.24. The zero-order valence-corrected chi connectivity index (χ0v) is 17.4. The maximum atomic E-state index is 13.4. The highest BCUT2D eigenvalue weighted by atomic mass is 16.2. The molecule has 5 heteroatoms. The fourth-order valence-electron chi connectivity index (χ4n) is 4.69. The van der Waals surface area contributed by atoms with Crippen molar-refractivity contribution in [2.24, 2.45) is 5.92 Å². The van der Waals surface area contributed by atoms with E-state index >= 15 is 0 Å². The average Bonchev–Trinajstić information content (AvgIpc) is 3.16. The molecule has 0 saturated heterocycles. The molecule has 1 aliphatic carbocycles. The quantitative estimate of drug-likeness (QED) is 0.844. The Bertz CT molecular complexity index is 871. The van der Waals surface area contributed by atoms with Crippen molar-refractivity contribution in [3.63, 3.8) is 0 Å². The maximum Gasteiger partial charge on any atom is 0.249 e. The van der Waals surface area contributed by atoms with Crippen molar-refractivity contribution in [2.75, 3.05) is 6.54 Å². The third-order valence-corrected chi connectivity index (χ3v) is 6.53. The molecule has 1 aliphatic heterocycles. The molecule has 2 aliphatic rings. The first-order valence-electron chi connectivity index (χ1n) is 10.8. The summed E-state index contributed by atoms with van der Waals surface area (Å²) in [5.41, 5.74) is 3.32. The minimum absolute atomic E-state index is 0.0117. The number of carbonyl (C=O) groups excluding carboxylic acids is 2. The number of hydrogen-bond donors (Lipinski definition) is 1. The van der Waals surface area contributed by atoms with Crippen LogP contribution in [0, 0.1) is 12.8 Å². The van der Waals surface area contributed by atoms with E-state index in [1.807, 2.05) is 22.9 Å². The van der Waals surface area contributed by atoms with E-state index in [9.17, 15) is 9.59 Å². The van der Waals surface area contributed by atoms with Crippen molar-refractivity contribution in [3.05, 3.63) is 59.4 Å². The minimum atomic E-state index is -0.550. The summed E-state index contributed by atoms with van der Waals surface area (Å²) in [6.07, 6.45) is 7.22. The molecule has 0 unspecified atom stereocenters. The summed E-state index contributed by atoms with van der Waals surface area (Å²) in [5.74, 6) is 0.457. The van der Waals surface area contributed by atoms with E-state index in [-0.39, 0.29) is 17.9 Å². The Morgan fingerprint density at radius 3 is 2.66 bits per heavy atom. The predicted molar refractivity (Wildman–Crippen MR) is 113 cm³/mol. The SMILES string of the molecule is Cc1ccc(CCN2C(=O)Cn3cccc3[C@@H]2C(=O)N[C@H]2CCCC[C@H]2C)cc1. The molecule has 2 aromatic rings. The first kappa shape index (κ1) is 19.7. The smallest absolute Gasteiger partial charge is 0.249 e. The van der Waals surface area contributed by atoms with Gasteiger partial charge in [-0.15, -0.1) is 0 Å². The molecule has 1 N–H and O–H groups in total. The lowest BCUT2D eigenvalue weighted by molar-refractivity contribution is -0.144. The first-order valence-corrected chi connectivity index (χ1v) is 10.8. The first-order chi connectivity index (χ1) is 14.0. The number of aryl methyl sites for hydroxylation is 1. The number of benzene rings is 1. The van der Waals surface area contributed by atoms with Gasteiger partial charge in [0.1, 0.15) is 6.54 Å². The van der Waals surface area contributed by atoms with Gasteiger partial charge in [0.2, 0.25) is 11.8 Å². The fourth-order valence-corrected chi connectivity index (χ4v) is 4.69. The Morgan fingerprint density at radius 1 is 1.14 bits per heavy atom. The van der Waals surface area contributed by atoms with Crippen LogP contribution in [0.4, 0.5) is 0 Å². The summed E-state index contributed by atoms with van der Waals surface area (Å²) in [7, 11) is 0. The summed E-state index contributed by atoms with van der Waals surface area (Å²) in [6, 6.07) is 11.9. The molecule has 29 heavy (non-hydrogen) atoms. The van der Waals surface area contributed by atoms with Gasteiger partial charge in [-0.2, -0.15) is 0 Å². The van der Waals surface area contributed by atoms with Crippen LogP contribution in [0.25, 0.3) is 0 Å². The standard InChI is InChI=1S/C24H31N3O2/c1-17-9-11-19(12-10-17)13-15-27-22(28)16-26-14-5-8-21(26)23(27)24(29)25-20-7-4-3-6-18(20)2/h5,8-12,14,18,20,23H,3-4,6-7,13,15-16H2,1-2H3,(H,25,29)/t18-,20+,23-/m1/s1. The largest absolute Gasteiger partial charge is 0.351 e. The van der Waals surface area contributed by atoms with Gasteiger partial charge in [0.05, 0.1) is 5.69 Å². The molecule has 4 rings (SSSR count). The lowest BCUT2D eigenvalue weighted by Gasteiger charge is -2.38. The predicted octanol–water partition coefficient (Wildman–Crippen LogP) is 3.62. The van der Waals surface area contributed by atoms with Gasteiger partial charge in [-0.25, -0.2) is 0 Å². The van der Waals surface area contributed by atoms with Gasteiger partial charge in [0.25, 0.3) is 0 Å². The summed E-state index contributed by atoms with van der Waals surface area (Å²) < 4.78 is 1.92. The van der Waals surface area contributed by atoms with Crippen molar-refractivity contribution in [1.82, 2.24) is 14.8 Å².